The van der Waals surface area contributed by atoms with Crippen LogP contribution < -0.4 is 10.6 Å². The highest BCUT2D eigenvalue weighted by molar-refractivity contribution is 6.13. The Bertz CT molecular complexity index is 1060. The van der Waals surface area contributed by atoms with Gasteiger partial charge in [-0.25, -0.2) is 0 Å². The van der Waals surface area contributed by atoms with E-state index in [0.717, 1.165) is 18.4 Å². The molecule has 0 radical (unpaired) electrons. The molecule has 0 aliphatic heterocycles. The molecule has 2 amide bonds. The molecule has 0 unspecified atom stereocenters. The molecule has 0 spiro atoms. The summed E-state index contributed by atoms with van der Waals surface area (Å²) in [6.45, 7) is 2.49. The molecule has 0 bridgehead atoms. The van der Waals surface area contributed by atoms with Gasteiger partial charge in [0.25, 0.3) is 5.91 Å². The van der Waals surface area contributed by atoms with E-state index in [9.17, 15) is 14.4 Å². The van der Waals surface area contributed by atoms with Crippen LogP contribution in [-0.4, -0.2) is 24.1 Å². The van der Waals surface area contributed by atoms with Gasteiger partial charge >= 0.3 is 0 Å². The largest absolute Gasteiger partial charge is 0.352 e. The van der Waals surface area contributed by atoms with Gasteiger partial charge in [-0.1, -0.05) is 66.6 Å². The summed E-state index contributed by atoms with van der Waals surface area (Å²) in [7, 11) is 0. The first-order chi connectivity index (χ1) is 15.5. The van der Waals surface area contributed by atoms with E-state index in [4.69, 9.17) is 0 Å². The first kappa shape index (κ1) is 22.9. The van der Waals surface area contributed by atoms with Gasteiger partial charge in [0.15, 0.2) is 5.78 Å². The zero-order valence-electron chi connectivity index (χ0n) is 18.3. The molecule has 3 aromatic rings. The number of carbonyl (C=O) groups is 3. The maximum absolute atomic E-state index is 12.9. The molecule has 5 heteroatoms. The fourth-order valence-corrected chi connectivity index (χ4v) is 3.39. The standard InChI is InChI=1S/C27H28N2O3/c1-20-16-17-24(23(19-20)26(31)21-11-5-2-6-12-21)29-25(30)15-9-4-10-18-28-27(32)22-13-7-3-8-14-22/h2-3,5-8,11-14,16-17,19H,4,9-10,15,18H2,1H3,(H,28,32)(H,29,30). The van der Waals surface area contributed by atoms with Crippen molar-refractivity contribution in [3.05, 3.63) is 101 Å². The summed E-state index contributed by atoms with van der Waals surface area (Å²) >= 11 is 0. The molecule has 32 heavy (non-hydrogen) atoms. The summed E-state index contributed by atoms with van der Waals surface area (Å²) in [5, 5.41) is 5.78. The lowest BCUT2D eigenvalue weighted by molar-refractivity contribution is -0.116. The first-order valence-electron chi connectivity index (χ1n) is 10.9. The number of rotatable bonds is 10. The minimum Gasteiger partial charge on any atom is -0.352 e. The van der Waals surface area contributed by atoms with Crippen molar-refractivity contribution in [1.29, 1.82) is 0 Å². The van der Waals surface area contributed by atoms with Crippen molar-refractivity contribution in [3.8, 4) is 0 Å². The van der Waals surface area contributed by atoms with Crippen LogP contribution in [-0.2, 0) is 4.79 Å². The Kier molecular flexibility index (Phi) is 8.32. The molecule has 3 aromatic carbocycles. The van der Waals surface area contributed by atoms with E-state index >= 15 is 0 Å². The highest BCUT2D eigenvalue weighted by Crippen LogP contribution is 2.21. The molecule has 5 nitrogen and oxygen atoms in total. The molecular weight excluding hydrogens is 400 g/mol. The first-order valence-corrected chi connectivity index (χ1v) is 10.9. The van der Waals surface area contributed by atoms with E-state index < -0.39 is 0 Å². The highest BCUT2D eigenvalue weighted by atomic mass is 16.2. The summed E-state index contributed by atoms with van der Waals surface area (Å²) in [6, 6.07) is 23.6. The lowest BCUT2D eigenvalue weighted by Gasteiger charge is -2.12. The molecule has 0 heterocycles. The third-order valence-electron chi connectivity index (χ3n) is 5.13. The molecule has 0 atom stereocenters. The van der Waals surface area contributed by atoms with Crippen LogP contribution in [0.1, 0.15) is 57.5 Å². The van der Waals surface area contributed by atoms with Crippen LogP contribution in [0.25, 0.3) is 0 Å². The number of hydrogen-bond donors (Lipinski definition) is 2. The molecule has 0 fully saturated rings. The van der Waals surface area contributed by atoms with Crippen molar-refractivity contribution in [3.63, 3.8) is 0 Å². The van der Waals surface area contributed by atoms with Crippen molar-refractivity contribution >= 4 is 23.3 Å². The van der Waals surface area contributed by atoms with Crippen molar-refractivity contribution in [2.75, 3.05) is 11.9 Å². The Hall–Kier alpha value is -3.73. The SMILES string of the molecule is Cc1ccc(NC(=O)CCCCCNC(=O)c2ccccc2)c(C(=O)c2ccccc2)c1. The van der Waals surface area contributed by atoms with Gasteiger partial charge < -0.3 is 10.6 Å². The van der Waals surface area contributed by atoms with Gasteiger partial charge in [-0.2, -0.15) is 0 Å². The summed E-state index contributed by atoms with van der Waals surface area (Å²) in [5.41, 5.74) is 3.22. The Labute approximate surface area is 188 Å². The van der Waals surface area contributed by atoms with Gasteiger partial charge in [0.05, 0.1) is 5.69 Å². The number of anilines is 1. The minimum atomic E-state index is -0.121. The van der Waals surface area contributed by atoms with E-state index in [1.54, 1.807) is 36.4 Å². The van der Waals surface area contributed by atoms with Crippen LogP contribution in [0, 0.1) is 6.92 Å². The summed E-state index contributed by atoms with van der Waals surface area (Å²) in [5.74, 6) is -0.318. The number of ketones is 1. The van der Waals surface area contributed by atoms with Gasteiger partial charge in [-0.15, -0.1) is 0 Å². The molecular formula is C27H28N2O3. The quantitative estimate of drug-likeness (QED) is 0.346. The van der Waals surface area contributed by atoms with Crippen molar-refractivity contribution in [1.82, 2.24) is 5.32 Å². The van der Waals surface area contributed by atoms with E-state index in [1.165, 1.54) is 0 Å². The number of nitrogens with one attached hydrogen (secondary N) is 2. The van der Waals surface area contributed by atoms with Crippen molar-refractivity contribution < 1.29 is 14.4 Å². The topological polar surface area (TPSA) is 75.3 Å². The van der Waals surface area contributed by atoms with Crippen LogP contribution in [0.4, 0.5) is 5.69 Å². The highest BCUT2D eigenvalue weighted by Gasteiger charge is 2.15. The van der Waals surface area contributed by atoms with E-state index in [0.29, 0.717) is 41.8 Å². The number of carbonyl (C=O) groups excluding carboxylic acids is 3. The lowest BCUT2D eigenvalue weighted by atomic mass is 9.99. The lowest BCUT2D eigenvalue weighted by Crippen LogP contribution is -2.24. The number of benzene rings is 3. The summed E-state index contributed by atoms with van der Waals surface area (Å²) < 4.78 is 0. The van der Waals surface area contributed by atoms with Crippen LogP contribution in [0.2, 0.25) is 0 Å². The predicted molar refractivity (Wildman–Crippen MR) is 127 cm³/mol. The molecule has 164 valence electrons. The zero-order chi connectivity index (χ0) is 22.8. The van der Waals surface area contributed by atoms with Crippen molar-refractivity contribution in [2.45, 2.75) is 32.6 Å². The Balaban J connectivity index is 1.45. The third kappa shape index (κ3) is 6.64. The molecule has 3 rings (SSSR count). The fourth-order valence-electron chi connectivity index (χ4n) is 3.39. The Morgan fingerprint density at radius 3 is 2.09 bits per heavy atom. The van der Waals surface area contributed by atoms with Gasteiger partial charge in [0.1, 0.15) is 0 Å². The molecule has 0 aliphatic carbocycles. The van der Waals surface area contributed by atoms with Gasteiger partial charge in [0, 0.05) is 29.7 Å². The van der Waals surface area contributed by atoms with Gasteiger partial charge in [-0.3, -0.25) is 14.4 Å². The second-order valence-corrected chi connectivity index (χ2v) is 7.72. The molecule has 0 saturated heterocycles. The Morgan fingerprint density at radius 2 is 1.41 bits per heavy atom. The zero-order valence-corrected chi connectivity index (χ0v) is 18.3. The molecule has 0 aromatic heterocycles. The Morgan fingerprint density at radius 1 is 0.750 bits per heavy atom. The third-order valence-corrected chi connectivity index (χ3v) is 5.13. The maximum atomic E-state index is 12.9. The average molecular weight is 429 g/mol. The maximum Gasteiger partial charge on any atom is 0.251 e. The second-order valence-electron chi connectivity index (χ2n) is 7.72. The van der Waals surface area contributed by atoms with Crippen molar-refractivity contribution in [2.24, 2.45) is 0 Å². The van der Waals surface area contributed by atoms with Crippen LogP contribution in [0.3, 0.4) is 0 Å². The number of unbranched alkanes of at least 4 members (excludes halogenated alkanes) is 2. The summed E-state index contributed by atoms with van der Waals surface area (Å²) in [6.07, 6.45) is 2.70. The monoisotopic (exact) mass is 428 g/mol. The predicted octanol–water partition coefficient (Wildman–Crippen LogP) is 5.15. The minimum absolute atomic E-state index is 0.0849. The van der Waals surface area contributed by atoms with E-state index in [-0.39, 0.29) is 17.6 Å². The van der Waals surface area contributed by atoms with Gasteiger partial charge in [0.2, 0.25) is 5.91 Å². The van der Waals surface area contributed by atoms with Gasteiger partial charge in [-0.05, 0) is 44.0 Å². The molecule has 0 aliphatic rings. The number of aryl methyl sites for hydroxylation is 1. The molecule has 0 saturated carbocycles. The van der Waals surface area contributed by atoms with Crippen LogP contribution in [0.5, 0.6) is 0 Å². The normalized spacial score (nSPS) is 10.4. The smallest absolute Gasteiger partial charge is 0.251 e. The van der Waals surface area contributed by atoms with E-state index in [2.05, 4.69) is 10.6 Å². The number of amides is 2. The average Bonchev–Trinajstić information content (AvgIpc) is 2.83. The fraction of sp³-hybridized carbons (Fsp3) is 0.222. The molecule has 2 N–H and O–H groups in total. The second kappa shape index (κ2) is 11.6. The van der Waals surface area contributed by atoms with Crippen LogP contribution >= 0.6 is 0 Å². The number of hydrogen-bond acceptors (Lipinski definition) is 3. The van der Waals surface area contributed by atoms with Crippen LogP contribution in [0.15, 0.2) is 78.9 Å². The summed E-state index contributed by atoms with van der Waals surface area (Å²) in [4.78, 5) is 37.3. The van der Waals surface area contributed by atoms with E-state index in [1.807, 2.05) is 49.4 Å².